The predicted molar refractivity (Wildman–Crippen MR) is 200 cm³/mol. The number of ketones is 1. The number of fused-ring (bicyclic) bond motifs is 5. The van der Waals surface area contributed by atoms with Crippen LogP contribution in [0.25, 0.3) is 11.2 Å². The van der Waals surface area contributed by atoms with Gasteiger partial charge in [0.1, 0.15) is 36.3 Å². The molecule has 3 fully saturated rings. The smallest absolute Gasteiger partial charge is 0.382 e. The number of carbonyl (C=O) groups excluding carboxylic acids is 1. The molecule has 4 N–H and O–H groups in total. The molecule has 3 aliphatic heterocycles. The van der Waals surface area contributed by atoms with E-state index in [1.165, 1.54) is 10.9 Å². The lowest BCUT2D eigenvalue weighted by atomic mass is 10.0. The highest BCUT2D eigenvalue weighted by Gasteiger charge is 2.55. The molecule has 24 heteroatoms. The van der Waals surface area contributed by atoms with E-state index in [0.29, 0.717) is 32.6 Å². The number of aryl methyl sites for hydroxylation is 1. The van der Waals surface area contributed by atoms with E-state index >= 15 is 8.78 Å². The summed E-state index contributed by atoms with van der Waals surface area (Å²) >= 11 is 0.612. The van der Waals surface area contributed by atoms with Gasteiger partial charge in [-0.1, -0.05) is 54.1 Å². The summed E-state index contributed by atoms with van der Waals surface area (Å²) in [5, 5.41) is 0. The van der Waals surface area contributed by atoms with Crippen molar-refractivity contribution in [1.82, 2.24) is 29.1 Å². The van der Waals surface area contributed by atoms with Crippen molar-refractivity contribution in [3.63, 3.8) is 0 Å². The number of halogens is 2. The lowest BCUT2D eigenvalue weighted by Crippen LogP contribution is -2.38. The second-order valence-corrected chi connectivity index (χ2v) is 18.9. The third kappa shape index (κ3) is 8.09. The molecule has 2 unspecified atom stereocenters. The third-order valence-electron chi connectivity index (χ3n) is 9.54. The summed E-state index contributed by atoms with van der Waals surface area (Å²) in [5.41, 5.74) is 6.71. The number of nitrogens with zero attached hydrogens (tertiary/aromatic N) is 5. The Bertz CT molecular complexity index is 2560. The number of carbonyl (C=O) groups is 1. The number of nitrogen functional groups attached to an aromatic ring is 1. The van der Waals surface area contributed by atoms with Crippen molar-refractivity contribution in [2.75, 3.05) is 18.9 Å². The molecule has 10 atom stereocenters. The van der Waals surface area contributed by atoms with Gasteiger partial charge in [-0.3, -0.25) is 41.8 Å². The van der Waals surface area contributed by atoms with E-state index < -0.39 is 88.3 Å². The van der Waals surface area contributed by atoms with Crippen LogP contribution in [0.5, 0.6) is 0 Å². The number of rotatable bonds is 7. The maximum Gasteiger partial charge on any atom is 0.472 e. The van der Waals surface area contributed by atoms with Gasteiger partial charge < -0.3 is 20.1 Å². The van der Waals surface area contributed by atoms with Crippen LogP contribution in [0.1, 0.15) is 39.5 Å². The van der Waals surface area contributed by atoms with Crippen molar-refractivity contribution in [1.29, 1.82) is 0 Å². The van der Waals surface area contributed by atoms with Gasteiger partial charge in [0.25, 0.3) is 5.56 Å². The second-order valence-electron chi connectivity index (χ2n) is 13.4. The summed E-state index contributed by atoms with van der Waals surface area (Å²) in [6.45, 7) is -4.58. The third-order valence-corrected chi connectivity index (χ3v) is 14.2. The average Bonchev–Trinajstić information content (AvgIpc) is 3.85. The summed E-state index contributed by atoms with van der Waals surface area (Å²) in [6, 6.07) is 14.4. The first-order chi connectivity index (χ1) is 27.7. The van der Waals surface area contributed by atoms with Crippen LogP contribution in [-0.2, 0) is 42.5 Å². The number of aromatic amines is 1. The van der Waals surface area contributed by atoms with Crippen LogP contribution < -0.4 is 17.0 Å². The number of nitrogens with one attached hydrogen (secondary N) is 1. The van der Waals surface area contributed by atoms with Gasteiger partial charge in [0.15, 0.2) is 42.0 Å². The Kier molecular flexibility index (Phi) is 11.1. The Hall–Kier alpha value is -4.47. The van der Waals surface area contributed by atoms with Crippen LogP contribution >= 0.6 is 26.0 Å². The minimum absolute atomic E-state index is 0.0120. The molecular weight excluding hydrogens is 830 g/mol. The maximum absolute atomic E-state index is 16.6. The summed E-state index contributed by atoms with van der Waals surface area (Å²) in [7, 11) is -5.28. The molecule has 3 saturated heterocycles. The Morgan fingerprint density at radius 1 is 0.897 bits per heavy atom. The number of ether oxygens (including phenoxy) is 2. The van der Waals surface area contributed by atoms with E-state index in [2.05, 4.69) is 15.0 Å². The molecule has 5 aromatic rings. The highest BCUT2D eigenvalue weighted by atomic mass is 32.7. The van der Waals surface area contributed by atoms with Gasteiger partial charge >= 0.3 is 20.3 Å². The highest BCUT2D eigenvalue weighted by molar-refractivity contribution is 8.54. The molecular formula is C34H33F2N7O12P2S. The monoisotopic (exact) mass is 863 g/mol. The number of benzene rings is 2. The van der Waals surface area contributed by atoms with Crippen molar-refractivity contribution >= 4 is 48.8 Å². The van der Waals surface area contributed by atoms with E-state index in [1.54, 1.807) is 36.4 Å². The highest BCUT2D eigenvalue weighted by Crippen LogP contribution is 2.65. The molecule has 3 aromatic heterocycles. The van der Waals surface area contributed by atoms with Crippen LogP contribution in [0.2, 0.25) is 0 Å². The van der Waals surface area contributed by atoms with Crippen LogP contribution in [0.4, 0.5) is 14.6 Å². The van der Waals surface area contributed by atoms with E-state index in [-0.39, 0.29) is 28.5 Å². The number of imidazole rings is 1. The van der Waals surface area contributed by atoms with Crippen LogP contribution in [-0.4, -0.2) is 89.7 Å². The standard InChI is InChI=1S/C34H33F2N7O12P2S/c1-17-2-6-19(7-3-17)27(45)20-8-4-18(5-9-20)14-58-57(49)51-13-22-24(35)28(32(52-22)42-11-10-23(44)41-34(42)46)54-56(47,48)50-12-21-25(36)29(55-57)33(53-21)43-16-40-26-30(37)38-15-39-31(26)43/h2-11,15-16,21-22,24-25,28-29,32-33H,12-14H2,1H3,(H,47,48)(H2,37,38,39)(H,41,44,46)/t21-,22?,24-,25-,28-,29-,32-,33-,57-/m1/s1. The Morgan fingerprint density at radius 3 is 2.19 bits per heavy atom. The molecule has 0 spiro atoms. The first kappa shape index (κ1) is 40.3. The quantitative estimate of drug-likeness (QED) is 0.155. The zero-order chi connectivity index (χ0) is 40.9. The number of aromatic nitrogens is 6. The van der Waals surface area contributed by atoms with E-state index in [0.717, 1.165) is 24.2 Å². The van der Waals surface area contributed by atoms with Gasteiger partial charge in [-0.25, -0.2) is 37.7 Å². The second kappa shape index (κ2) is 15.9. The van der Waals surface area contributed by atoms with E-state index in [4.69, 9.17) is 33.3 Å². The van der Waals surface area contributed by atoms with E-state index in [1.807, 2.05) is 24.0 Å². The van der Waals surface area contributed by atoms with Gasteiger partial charge in [0, 0.05) is 29.1 Å². The summed E-state index contributed by atoms with van der Waals surface area (Å²) < 4.78 is 96.6. The lowest BCUT2D eigenvalue weighted by molar-refractivity contribution is -0.0650. The first-order valence-corrected chi connectivity index (χ1v) is 22.1. The Labute approximate surface area is 329 Å². The number of alkyl halides is 2. The van der Waals surface area contributed by atoms with Crippen molar-refractivity contribution in [3.05, 3.63) is 117 Å². The van der Waals surface area contributed by atoms with Gasteiger partial charge in [-0.2, -0.15) is 0 Å². The molecule has 2 aromatic carbocycles. The number of H-pyrrole nitrogens is 1. The zero-order valence-corrected chi connectivity index (χ0v) is 32.6. The van der Waals surface area contributed by atoms with Crippen LogP contribution in [0.15, 0.2) is 83.0 Å². The molecule has 6 heterocycles. The van der Waals surface area contributed by atoms with Gasteiger partial charge in [-0.15, -0.1) is 0 Å². The van der Waals surface area contributed by atoms with Crippen LogP contribution in [0.3, 0.4) is 0 Å². The topological polar surface area (TPSA) is 251 Å². The lowest BCUT2D eigenvalue weighted by Gasteiger charge is -2.27. The fourth-order valence-corrected chi connectivity index (χ4v) is 10.8. The Balaban J connectivity index is 1.12. The molecule has 8 rings (SSSR count). The molecule has 0 aliphatic carbocycles. The van der Waals surface area contributed by atoms with Crippen molar-refractivity contribution in [2.45, 2.75) is 61.9 Å². The van der Waals surface area contributed by atoms with Gasteiger partial charge in [0.05, 0.1) is 19.5 Å². The Morgan fingerprint density at radius 2 is 1.52 bits per heavy atom. The largest absolute Gasteiger partial charge is 0.472 e. The van der Waals surface area contributed by atoms with Crippen molar-refractivity contribution in [3.8, 4) is 0 Å². The summed E-state index contributed by atoms with van der Waals surface area (Å²) in [6.07, 6.45) is -11.8. The average molecular weight is 864 g/mol. The minimum atomic E-state index is -5.28. The minimum Gasteiger partial charge on any atom is -0.382 e. The SMILES string of the molecule is Cc1ccc(C(=O)c2ccc(CS[P@]3(=O)OCC4O[C@@H](n5ccc(=O)[nH]c5=O)[C@H](OP(=O)(O)OC[C@H]5O[C@@H](n6cnc7c(N)ncnc76)[C@H](O3)[C@@H]5F)[C@@H]4F)cc2)cc1. The van der Waals surface area contributed by atoms with E-state index in [9.17, 15) is 28.4 Å². The number of anilines is 1. The molecule has 58 heavy (non-hydrogen) atoms. The van der Waals surface area contributed by atoms with Gasteiger partial charge in [0.2, 0.25) is 0 Å². The number of phosphoric ester groups is 1. The number of nitrogens with two attached hydrogens (primary N) is 1. The fourth-order valence-electron chi connectivity index (χ4n) is 6.56. The molecule has 19 nitrogen and oxygen atoms in total. The molecule has 4 bridgehead atoms. The zero-order valence-electron chi connectivity index (χ0n) is 30.0. The number of phosphoric acid groups is 1. The number of hydrogen-bond acceptors (Lipinski definition) is 16. The first-order valence-electron chi connectivity index (χ1n) is 17.5. The van der Waals surface area contributed by atoms with Crippen LogP contribution in [0, 0.1) is 6.92 Å². The maximum atomic E-state index is 16.6. The number of hydrogen-bond donors (Lipinski definition) is 3. The molecule has 0 saturated carbocycles. The fraction of sp³-hybridized carbons (Fsp3) is 0.353. The van der Waals surface area contributed by atoms with Gasteiger partial charge in [-0.05, 0) is 23.9 Å². The molecule has 0 radical (unpaired) electrons. The predicted octanol–water partition coefficient (Wildman–Crippen LogP) is 3.93. The normalized spacial score (nSPS) is 31.6. The molecule has 306 valence electrons. The van der Waals surface area contributed by atoms with Crippen molar-refractivity contribution < 1.29 is 55.2 Å². The van der Waals surface area contributed by atoms with Crippen molar-refractivity contribution in [2.24, 2.45) is 0 Å². The summed E-state index contributed by atoms with van der Waals surface area (Å²) in [5.74, 6) is -0.319. The molecule has 0 amide bonds. The molecule has 3 aliphatic rings. The summed E-state index contributed by atoms with van der Waals surface area (Å²) in [4.78, 5) is 62.4.